The number of rotatable bonds is 7. The molecule has 0 aliphatic heterocycles. The highest BCUT2D eigenvalue weighted by Gasteiger charge is 2.51. The molecule has 5 fully saturated rings. The molecular formula is C21H28N2O5S2. The molecule has 0 unspecified atom stereocenters. The van der Waals surface area contributed by atoms with Crippen molar-refractivity contribution in [2.75, 3.05) is 0 Å². The second-order valence-electron chi connectivity index (χ2n) is 9.74. The molecule has 30 heavy (non-hydrogen) atoms. The number of thiophene rings is 1. The summed E-state index contributed by atoms with van der Waals surface area (Å²) >= 11 is 1.02. The zero-order valence-electron chi connectivity index (χ0n) is 17.1. The molecule has 4 bridgehead atoms. The van der Waals surface area contributed by atoms with Crippen LogP contribution in [0.3, 0.4) is 0 Å². The van der Waals surface area contributed by atoms with E-state index < -0.39 is 22.1 Å². The van der Waals surface area contributed by atoms with Gasteiger partial charge in [0.2, 0.25) is 10.0 Å². The fraction of sp³-hybridized carbons (Fsp3) is 0.714. The average molecular weight is 453 g/mol. The molecule has 5 saturated carbocycles. The molecule has 5 aliphatic rings. The van der Waals surface area contributed by atoms with Crippen molar-refractivity contribution < 1.29 is 22.7 Å². The summed E-state index contributed by atoms with van der Waals surface area (Å²) in [5, 5.41) is 4.76. The summed E-state index contributed by atoms with van der Waals surface area (Å²) in [4.78, 5) is 25.5. The molecule has 6 rings (SSSR count). The first-order valence-corrected chi connectivity index (χ1v) is 13.2. The second kappa shape index (κ2) is 7.31. The Morgan fingerprint density at radius 1 is 1.13 bits per heavy atom. The van der Waals surface area contributed by atoms with E-state index in [2.05, 4.69) is 10.0 Å². The van der Waals surface area contributed by atoms with Crippen molar-refractivity contribution >= 4 is 33.2 Å². The Bertz CT molecular complexity index is 931. The molecule has 0 spiro atoms. The van der Waals surface area contributed by atoms with E-state index in [0.29, 0.717) is 17.8 Å². The minimum atomic E-state index is -3.76. The number of nitrogens with one attached hydrogen (secondary N) is 2. The smallest absolute Gasteiger partial charge is 0.350 e. The normalized spacial score (nSPS) is 33.3. The molecule has 9 heteroatoms. The molecule has 7 nitrogen and oxygen atoms in total. The summed E-state index contributed by atoms with van der Waals surface area (Å²) in [5.74, 6) is 1.04. The van der Waals surface area contributed by atoms with Crippen LogP contribution in [0, 0.1) is 17.8 Å². The third-order valence-corrected chi connectivity index (χ3v) is 9.67. The van der Waals surface area contributed by atoms with Gasteiger partial charge >= 0.3 is 5.97 Å². The molecule has 0 radical (unpaired) electrons. The van der Waals surface area contributed by atoms with Crippen molar-refractivity contribution in [2.24, 2.45) is 17.8 Å². The van der Waals surface area contributed by atoms with Gasteiger partial charge in [0.15, 0.2) is 6.10 Å². The maximum absolute atomic E-state index is 12.9. The molecule has 1 aromatic rings. The summed E-state index contributed by atoms with van der Waals surface area (Å²) in [7, 11) is -3.76. The van der Waals surface area contributed by atoms with E-state index in [-0.39, 0.29) is 27.3 Å². The highest BCUT2D eigenvalue weighted by molar-refractivity contribution is 7.89. The van der Waals surface area contributed by atoms with E-state index in [9.17, 15) is 18.0 Å². The van der Waals surface area contributed by atoms with Crippen LogP contribution in [-0.4, -0.2) is 38.0 Å². The molecule has 0 saturated heterocycles. The first-order valence-electron chi connectivity index (χ1n) is 10.9. The van der Waals surface area contributed by atoms with E-state index in [1.807, 2.05) is 0 Å². The van der Waals surface area contributed by atoms with Gasteiger partial charge in [-0.05, 0) is 87.5 Å². The van der Waals surface area contributed by atoms with Gasteiger partial charge < -0.3 is 10.1 Å². The number of carbonyl (C=O) groups is 2. The van der Waals surface area contributed by atoms with Crippen LogP contribution in [0.4, 0.5) is 0 Å². The molecular weight excluding hydrogens is 424 g/mol. The van der Waals surface area contributed by atoms with Crippen molar-refractivity contribution in [1.29, 1.82) is 0 Å². The Balaban J connectivity index is 1.24. The number of ether oxygens (including phenoxy) is 1. The Hall–Kier alpha value is -1.45. The molecule has 1 amide bonds. The third kappa shape index (κ3) is 3.91. The van der Waals surface area contributed by atoms with E-state index in [1.165, 1.54) is 25.3 Å². The average Bonchev–Trinajstić information content (AvgIpc) is 3.29. The topological polar surface area (TPSA) is 102 Å². The fourth-order valence-corrected chi connectivity index (χ4v) is 8.64. The lowest BCUT2D eigenvalue weighted by Crippen LogP contribution is -2.61. The SMILES string of the molecule is C[C@H](OC(=O)c1sccc1S(=O)(=O)NC1CC1)C(=O)NC12CC3CC(CC(C3)C1)C2. The summed E-state index contributed by atoms with van der Waals surface area (Å²) in [5.41, 5.74) is -0.155. The summed E-state index contributed by atoms with van der Waals surface area (Å²) in [6.45, 7) is 1.55. The maximum Gasteiger partial charge on any atom is 0.350 e. The van der Waals surface area contributed by atoms with Gasteiger partial charge in [0.1, 0.15) is 9.77 Å². The van der Waals surface area contributed by atoms with Gasteiger partial charge in [-0.3, -0.25) is 4.79 Å². The number of amides is 1. The largest absolute Gasteiger partial charge is 0.448 e. The minimum Gasteiger partial charge on any atom is -0.448 e. The van der Waals surface area contributed by atoms with Gasteiger partial charge in [0.05, 0.1) is 0 Å². The van der Waals surface area contributed by atoms with Crippen molar-refractivity contribution in [3.05, 3.63) is 16.3 Å². The number of hydrogen-bond donors (Lipinski definition) is 2. The van der Waals surface area contributed by atoms with Crippen LogP contribution in [0.25, 0.3) is 0 Å². The summed E-state index contributed by atoms with van der Waals surface area (Å²) < 4.78 is 33.0. The number of esters is 1. The van der Waals surface area contributed by atoms with E-state index in [0.717, 1.165) is 43.4 Å². The first-order chi connectivity index (χ1) is 14.2. The van der Waals surface area contributed by atoms with Crippen LogP contribution >= 0.6 is 11.3 Å². The monoisotopic (exact) mass is 452 g/mol. The number of hydrogen-bond acceptors (Lipinski definition) is 6. The van der Waals surface area contributed by atoms with Crippen LogP contribution in [0.5, 0.6) is 0 Å². The number of sulfonamides is 1. The Morgan fingerprint density at radius 2 is 1.73 bits per heavy atom. The molecule has 1 atom stereocenters. The minimum absolute atomic E-state index is 0.0117. The lowest BCUT2D eigenvalue weighted by atomic mass is 9.53. The van der Waals surface area contributed by atoms with E-state index in [4.69, 9.17) is 4.74 Å². The second-order valence-corrected chi connectivity index (χ2v) is 12.3. The molecule has 0 aromatic carbocycles. The first kappa shape index (κ1) is 20.5. The van der Waals surface area contributed by atoms with Crippen LogP contribution in [0.15, 0.2) is 16.3 Å². The Labute approximate surface area is 181 Å². The van der Waals surface area contributed by atoms with E-state index >= 15 is 0 Å². The fourth-order valence-electron chi connectivity index (χ4n) is 6.04. The predicted molar refractivity (Wildman–Crippen MR) is 112 cm³/mol. The Morgan fingerprint density at radius 3 is 2.30 bits per heavy atom. The summed E-state index contributed by atoms with van der Waals surface area (Å²) in [6.07, 6.45) is 7.55. The lowest BCUT2D eigenvalue weighted by molar-refractivity contribution is -0.134. The van der Waals surface area contributed by atoms with Crippen molar-refractivity contribution in [3.8, 4) is 0 Å². The van der Waals surface area contributed by atoms with Gasteiger partial charge in [-0.25, -0.2) is 17.9 Å². The zero-order valence-corrected chi connectivity index (χ0v) is 18.7. The standard InChI is InChI=1S/C21H28N2O5S2/c1-12(19(24)22-21-9-13-6-14(10-21)8-15(7-13)11-21)28-20(25)18-17(4-5-29-18)30(26,27)23-16-2-3-16/h4-5,12-16,23H,2-3,6-11H2,1H3,(H,22,24)/t12-,13?,14?,15?,21?/m0/s1. The predicted octanol–water partition coefficient (Wildman–Crippen LogP) is 2.82. The van der Waals surface area contributed by atoms with Crippen molar-refractivity contribution in [1.82, 2.24) is 10.0 Å². The van der Waals surface area contributed by atoms with Gasteiger partial charge in [0.25, 0.3) is 5.91 Å². The zero-order chi connectivity index (χ0) is 21.1. The summed E-state index contributed by atoms with van der Waals surface area (Å²) in [6, 6.07) is 1.36. The van der Waals surface area contributed by atoms with Gasteiger partial charge in [-0.2, -0.15) is 0 Å². The highest BCUT2D eigenvalue weighted by Crippen LogP contribution is 2.55. The maximum atomic E-state index is 12.9. The molecule has 5 aliphatic carbocycles. The van der Waals surface area contributed by atoms with Crippen molar-refractivity contribution in [3.63, 3.8) is 0 Å². The molecule has 164 valence electrons. The van der Waals surface area contributed by atoms with Crippen LogP contribution in [0.2, 0.25) is 0 Å². The molecule has 2 N–H and O–H groups in total. The highest BCUT2D eigenvalue weighted by atomic mass is 32.2. The van der Waals surface area contributed by atoms with Crippen LogP contribution in [-0.2, 0) is 19.6 Å². The Kier molecular flexibility index (Phi) is 4.98. The number of carbonyl (C=O) groups excluding carboxylic acids is 2. The quantitative estimate of drug-likeness (QED) is 0.620. The molecule has 1 aromatic heterocycles. The van der Waals surface area contributed by atoms with Gasteiger partial charge in [-0.15, -0.1) is 11.3 Å². The third-order valence-electron chi connectivity index (χ3n) is 7.08. The van der Waals surface area contributed by atoms with Crippen LogP contribution in [0.1, 0.15) is 68.0 Å². The van der Waals surface area contributed by atoms with E-state index in [1.54, 1.807) is 12.3 Å². The lowest BCUT2D eigenvalue weighted by Gasteiger charge is -2.57. The molecule has 1 heterocycles. The van der Waals surface area contributed by atoms with Crippen LogP contribution < -0.4 is 10.0 Å². The van der Waals surface area contributed by atoms with Gasteiger partial charge in [0, 0.05) is 11.6 Å². The van der Waals surface area contributed by atoms with Crippen molar-refractivity contribution in [2.45, 2.75) is 80.9 Å². The van der Waals surface area contributed by atoms with Gasteiger partial charge in [-0.1, -0.05) is 0 Å².